The molecule has 0 aromatic heterocycles. The van der Waals surface area contributed by atoms with Crippen molar-refractivity contribution in [2.24, 2.45) is 22.9 Å². The molecule has 2 aliphatic carbocycles. The Morgan fingerprint density at radius 1 is 0.891 bits per heavy atom. The Morgan fingerprint density at radius 3 is 2.45 bits per heavy atom. The van der Waals surface area contributed by atoms with Gasteiger partial charge in [0.05, 0.1) is 30.1 Å². The molecule has 7 nitrogen and oxygen atoms in total. The first-order valence-electron chi connectivity index (χ1n) is 19.7. The van der Waals surface area contributed by atoms with Crippen LogP contribution in [-0.4, -0.2) is 66.3 Å². The van der Waals surface area contributed by atoms with Crippen LogP contribution in [0.15, 0.2) is 130 Å². The normalized spacial score (nSPS) is 24.7. The fourth-order valence-electron chi connectivity index (χ4n) is 8.87. The van der Waals surface area contributed by atoms with E-state index in [0.717, 1.165) is 77.5 Å². The monoisotopic (exact) mass is 779 g/mol. The largest absolute Gasteiger partial charge is 0.493 e. The maximum absolute atomic E-state index is 9.90. The van der Waals surface area contributed by atoms with Gasteiger partial charge in [0.1, 0.15) is 18.6 Å². The minimum atomic E-state index is -1.04. The summed E-state index contributed by atoms with van der Waals surface area (Å²) in [6.07, 6.45) is 10.0. The van der Waals surface area contributed by atoms with Crippen LogP contribution in [0.1, 0.15) is 56.4 Å². The number of oxime groups is 1. The summed E-state index contributed by atoms with van der Waals surface area (Å²) in [5.74, 6) is 1.69. The third-order valence-corrected chi connectivity index (χ3v) is 13.5. The van der Waals surface area contributed by atoms with Gasteiger partial charge in [-0.2, -0.15) is 0 Å². The van der Waals surface area contributed by atoms with Crippen molar-refractivity contribution < 1.29 is 29.3 Å². The topological polar surface area (TPSA) is 89.7 Å². The molecule has 0 bridgehead atoms. The Morgan fingerprint density at radius 2 is 1.67 bits per heavy atom. The van der Waals surface area contributed by atoms with Crippen LogP contribution in [0.3, 0.4) is 0 Å². The lowest BCUT2D eigenvalue weighted by atomic mass is 9.56. The van der Waals surface area contributed by atoms with Crippen molar-refractivity contribution >= 4 is 40.0 Å². The summed E-state index contributed by atoms with van der Waals surface area (Å²) in [4.78, 5) is 7.95. The van der Waals surface area contributed by atoms with E-state index in [2.05, 4.69) is 91.5 Å². The molecule has 6 unspecified atom stereocenters. The third-order valence-electron chi connectivity index (χ3n) is 11.2. The van der Waals surface area contributed by atoms with Crippen molar-refractivity contribution in [2.75, 3.05) is 39.3 Å². The number of hydrogen-bond acceptors (Lipinski definition) is 9. The van der Waals surface area contributed by atoms with Crippen molar-refractivity contribution in [1.82, 2.24) is 0 Å². The van der Waals surface area contributed by atoms with E-state index in [4.69, 9.17) is 24.2 Å². The van der Waals surface area contributed by atoms with Crippen LogP contribution >= 0.6 is 23.5 Å². The fraction of sp³-hybridized carbons (Fsp3) is 0.413. The number of nitrogens with zero attached hydrogens (tertiary/aromatic N) is 1. The van der Waals surface area contributed by atoms with E-state index in [1.165, 1.54) is 15.7 Å². The van der Waals surface area contributed by atoms with Crippen molar-refractivity contribution in [3.05, 3.63) is 121 Å². The molecule has 4 aromatic rings. The Labute approximate surface area is 334 Å². The van der Waals surface area contributed by atoms with Gasteiger partial charge in [0, 0.05) is 46.7 Å². The lowest BCUT2D eigenvalue weighted by Crippen LogP contribution is -2.64. The molecule has 9 heteroatoms. The van der Waals surface area contributed by atoms with E-state index in [1.807, 2.05) is 18.2 Å². The predicted octanol–water partition coefficient (Wildman–Crippen LogP) is 10.1. The summed E-state index contributed by atoms with van der Waals surface area (Å²) in [6.45, 7) is 5.30. The molecule has 1 heterocycles. The molecular weight excluding hydrogens is 727 g/mol. The maximum Gasteiger partial charge on any atom is 0.231 e. The molecular formula is C46H53NO6S2. The number of hydrogen-bond donors (Lipinski definition) is 2. The lowest BCUT2D eigenvalue weighted by Gasteiger charge is -2.58. The molecule has 0 radical (unpaired) electrons. The molecule has 2 N–H and O–H groups in total. The molecule has 1 saturated carbocycles. The van der Waals surface area contributed by atoms with Crippen LogP contribution in [0.5, 0.6) is 11.5 Å². The molecule has 7 rings (SSSR count). The second kappa shape index (κ2) is 18.9. The Balaban J connectivity index is 1.33. The number of fused-ring (bicyclic) bond motifs is 3. The fourth-order valence-corrected chi connectivity index (χ4v) is 11.0. The molecule has 1 fully saturated rings. The number of ether oxygens (including phenoxy) is 3. The van der Waals surface area contributed by atoms with E-state index in [9.17, 15) is 10.2 Å². The predicted molar refractivity (Wildman–Crippen MR) is 224 cm³/mol. The molecule has 4 aromatic carbocycles. The van der Waals surface area contributed by atoms with Crippen LogP contribution < -0.4 is 9.47 Å². The highest BCUT2D eigenvalue weighted by Crippen LogP contribution is 2.63. The maximum atomic E-state index is 9.90. The van der Waals surface area contributed by atoms with Gasteiger partial charge in [-0.3, -0.25) is 0 Å². The van der Waals surface area contributed by atoms with Crippen LogP contribution in [-0.2, 0) is 9.57 Å². The van der Waals surface area contributed by atoms with Gasteiger partial charge in [-0.25, -0.2) is 0 Å². The highest BCUT2D eigenvalue weighted by Gasteiger charge is 2.64. The van der Waals surface area contributed by atoms with Crippen molar-refractivity contribution in [1.29, 1.82) is 0 Å². The quantitative estimate of drug-likeness (QED) is 0.0421. The molecule has 0 amide bonds. The van der Waals surface area contributed by atoms with Gasteiger partial charge in [-0.05, 0) is 96.3 Å². The SMILES string of the molecule is C=CCOC12Oc3ccc(OCCSc4ccccc4)cc3C3C(CCCCO)C(CCCCO)C=C(C(=NOC)CC1Sc1ccc4ccccc4c1)C32. The number of rotatable bonds is 19. The average Bonchev–Trinajstić information content (AvgIpc) is 3.21. The van der Waals surface area contributed by atoms with Gasteiger partial charge in [-0.1, -0.05) is 78.7 Å². The average molecular weight is 780 g/mol. The second-order valence-corrected chi connectivity index (χ2v) is 17.0. The Hall–Kier alpha value is -3.73. The van der Waals surface area contributed by atoms with Gasteiger partial charge in [0.2, 0.25) is 5.79 Å². The van der Waals surface area contributed by atoms with E-state index >= 15 is 0 Å². The zero-order valence-corrected chi connectivity index (χ0v) is 33.3. The van der Waals surface area contributed by atoms with Gasteiger partial charge in [0.25, 0.3) is 0 Å². The number of aliphatic hydroxyl groups is 2. The van der Waals surface area contributed by atoms with E-state index < -0.39 is 5.79 Å². The third kappa shape index (κ3) is 8.82. The zero-order chi connectivity index (χ0) is 38.0. The van der Waals surface area contributed by atoms with Gasteiger partial charge in [0.15, 0.2) is 0 Å². The van der Waals surface area contributed by atoms with E-state index in [0.29, 0.717) is 19.6 Å². The first-order chi connectivity index (χ1) is 27.1. The molecule has 55 heavy (non-hydrogen) atoms. The molecule has 290 valence electrons. The van der Waals surface area contributed by atoms with E-state index in [1.54, 1.807) is 30.6 Å². The molecule has 0 saturated heterocycles. The van der Waals surface area contributed by atoms with Crippen molar-refractivity contribution in [3.63, 3.8) is 0 Å². The number of allylic oxidation sites excluding steroid dienone is 1. The minimum Gasteiger partial charge on any atom is -0.493 e. The van der Waals surface area contributed by atoms with Crippen LogP contribution in [0.4, 0.5) is 0 Å². The first-order valence-corrected chi connectivity index (χ1v) is 21.5. The van der Waals surface area contributed by atoms with Crippen molar-refractivity contribution in [3.8, 4) is 11.5 Å². The van der Waals surface area contributed by atoms with E-state index in [-0.39, 0.29) is 42.1 Å². The Kier molecular flexibility index (Phi) is 13.6. The molecule has 6 atom stereocenters. The van der Waals surface area contributed by atoms with Crippen LogP contribution in [0.2, 0.25) is 0 Å². The summed E-state index contributed by atoms with van der Waals surface area (Å²) in [7, 11) is 1.62. The molecule has 1 aliphatic heterocycles. The number of benzene rings is 4. The summed E-state index contributed by atoms with van der Waals surface area (Å²) in [6, 6.07) is 31.8. The number of aliphatic hydroxyl groups excluding tert-OH is 2. The molecule has 3 aliphatic rings. The Bertz CT molecular complexity index is 1950. The lowest BCUT2D eigenvalue weighted by molar-refractivity contribution is -0.223. The van der Waals surface area contributed by atoms with Crippen molar-refractivity contribution in [2.45, 2.75) is 71.7 Å². The summed E-state index contributed by atoms with van der Waals surface area (Å²) >= 11 is 3.56. The summed E-state index contributed by atoms with van der Waals surface area (Å²) in [5, 5.41) is 26.6. The summed E-state index contributed by atoms with van der Waals surface area (Å²) in [5.41, 5.74) is 3.16. The number of thioether (sulfide) groups is 2. The number of unbranched alkanes of at least 4 members (excludes halogenated alkanes) is 2. The minimum absolute atomic E-state index is 0.00990. The van der Waals surface area contributed by atoms with Gasteiger partial charge >= 0.3 is 0 Å². The second-order valence-electron chi connectivity index (χ2n) is 14.6. The summed E-state index contributed by atoms with van der Waals surface area (Å²) < 4.78 is 20.9. The van der Waals surface area contributed by atoms with Gasteiger partial charge in [-0.15, -0.1) is 30.1 Å². The highest BCUT2D eigenvalue weighted by atomic mass is 32.2. The molecule has 0 spiro atoms. The van der Waals surface area contributed by atoms with Crippen LogP contribution in [0, 0.1) is 17.8 Å². The smallest absolute Gasteiger partial charge is 0.231 e. The first kappa shape index (κ1) is 39.5. The highest BCUT2D eigenvalue weighted by molar-refractivity contribution is 8.00. The van der Waals surface area contributed by atoms with Crippen LogP contribution in [0.25, 0.3) is 10.8 Å². The zero-order valence-electron chi connectivity index (χ0n) is 31.7. The van der Waals surface area contributed by atoms with Gasteiger partial charge < -0.3 is 29.3 Å². The standard InChI is InChI=1S/C46H53NO6S2/c1-3-25-52-46-43(55-37-21-19-32-13-7-8-14-33(32)28-37)31-41(47-50-2)39-29-34(15-9-11-23-48)38(18-10-12-24-49)44(45(39)46)40-30-35(20-22-42(40)53-46)51-26-27-54-36-16-5-4-6-17-36/h3-8,13-14,16-17,19-22,28-30,34,38,43-45,48-49H,1,9-12,15,18,23-27,31H2,2H3.